The predicted octanol–water partition coefficient (Wildman–Crippen LogP) is 17.6. The quantitative estimate of drug-likeness (QED) is 0.143. The van der Waals surface area contributed by atoms with Crippen molar-refractivity contribution in [3.8, 4) is 33.4 Å². The fourth-order valence-electron chi connectivity index (χ4n) is 10.3. The number of hydrogen-bond donors (Lipinski definition) is 0. The summed E-state index contributed by atoms with van der Waals surface area (Å²) in [5.74, 6) is 0. The summed E-state index contributed by atoms with van der Waals surface area (Å²) in [7, 11) is 0. The van der Waals surface area contributed by atoms with Crippen LogP contribution in [0.2, 0.25) is 0 Å². The van der Waals surface area contributed by atoms with Crippen molar-refractivity contribution in [1.29, 1.82) is 0 Å². The van der Waals surface area contributed by atoms with Crippen LogP contribution in [-0.2, 0) is 51.8 Å². The van der Waals surface area contributed by atoms with Crippen molar-refractivity contribution >= 4 is 0 Å². The van der Waals surface area contributed by atoms with Crippen LogP contribution in [0.15, 0.2) is 109 Å². The van der Waals surface area contributed by atoms with E-state index in [0.717, 1.165) is 19.3 Å². The van der Waals surface area contributed by atoms with Crippen LogP contribution in [0.4, 0.5) is 0 Å². The van der Waals surface area contributed by atoms with E-state index in [4.69, 9.17) is 0 Å². The summed E-state index contributed by atoms with van der Waals surface area (Å²) in [6.45, 7) is 41.5. The third kappa shape index (κ3) is 9.30. The highest BCUT2D eigenvalue weighted by atomic mass is 14.4. The Labute approximate surface area is 384 Å². The normalized spacial score (nSPS) is 14.0. The summed E-state index contributed by atoms with van der Waals surface area (Å²) in [4.78, 5) is 0. The van der Waals surface area contributed by atoms with Crippen molar-refractivity contribution in [2.24, 2.45) is 0 Å². The van der Waals surface area contributed by atoms with Crippen molar-refractivity contribution < 1.29 is 0 Å². The Kier molecular flexibility index (Phi) is 11.8. The zero-order valence-corrected chi connectivity index (χ0v) is 42.5. The topological polar surface area (TPSA) is 0 Å². The van der Waals surface area contributed by atoms with Gasteiger partial charge in [0, 0.05) is 0 Å². The average molecular weight is 835 g/mol. The highest BCUT2D eigenvalue weighted by molar-refractivity contribution is 5.84. The first kappa shape index (κ1) is 46.3. The summed E-state index contributed by atoms with van der Waals surface area (Å²) >= 11 is 0. The molecule has 3 aliphatic carbocycles. The lowest BCUT2D eigenvalue weighted by molar-refractivity contribution is 0.579. The molecule has 0 amide bonds. The van der Waals surface area contributed by atoms with Crippen molar-refractivity contribution in [3.63, 3.8) is 0 Å². The second-order valence-electron chi connectivity index (χ2n) is 25.1. The molecule has 0 heteroatoms. The molecule has 63 heavy (non-hydrogen) atoms. The van der Waals surface area contributed by atoms with Gasteiger partial charge in [-0.15, -0.1) is 0 Å². The fourth-order valence-corrected chi connectivity index (χ4v) is 10.3. The third-order valence-corrected chi connectivity index (χ3v) is 13.8. The van der Waals surface area contributed by atoms with Crippen molar-refractivity contribution in [3.05, 3.63) is 176 Å². The first-order chi connectivity index (χ1) is 29.0. The van der Waals surface area contributed by atoms with E-state index in [0.29, 0.717) is 0 Å². The van der Waals surface area contributed by atoms with Gasteiger partial charge >= 0.3 is 0 Å². The van der Waals surface area contributed by atoms with Crippen molar-refractivity contribution in [1.82, 2.24) is 0 Å². The third-order valence-electron chi connectivity index (χ3n) is 13.8. The minimum absolute atomic E-state index is 0.179. The smallest absolute Gasteiger partial charge is 0.000756 e. The van der Waals surface area contributed by atoms with Gasteiger partial charge in [-0.3, -0.25) is 0 Å². The van der Waals surface area contributed by atoms with E-state index >= 15 is 0 Å². The maximum atomic E-state index is 2.41. The molecule has 0 bridgehead atoms. The van der Waals surface area contributed by atoms with Crippen LogP contribution in [0.5, 0.6) is 0 Å². The standard InChI is InChI=1S/3C21H26/c1-20(2,3)16-9-7-14-11-15-8-10-17(21(4,5)6)13-19(15)18(14)12-16;1-20(2,3)18-11-7-9-14-15-10-8-12-19(21(4,5)6)17(15)13-16(14)18;1-20(2,3)16-11-7-9-14-13-15-10-8-12-17(21(4,5)6)19(15)18(14)16/h7-10,12-13H,11H2,1-6H3;2*7-12H,13H2,1-6H3. The highest BCUT2D eigenvalue weighted by Crippen LogP contribution is 2.48. The molecule has 6 aromatic carbocycles. The molecule has 0 nitrogen and oxygen atoms in total. The molecule has 6 aromatic rings. The SMILES string of the molecule is CC(C)(C)c1ccc2c(c1)-c1cc(C(C)(C)C)ccc1C2.CC(C)(C)c1cccc2c1-c1c(cccc1C(C)(C)C)C2.CC(C)(C)c1cccc2c1Cc1c-2cccc1C(C)(C)C. The van der Waals surface area contributed by atoms with Gasteiger partial charge in [-0.1, -0.05) is 234 Å². The number of fused-ring (bicyclic) bond motifs is 9. The minimum atomic E-state index is 0.179. The van der Waals surface area contributed by atoms with Crippen LogP contribution in [0.1, 0.15) is 191 Å². The molecule has 0 saturated carbocycles. The molecule has 0 saturated heterocycles. The highest BCUT2D eigenvalue weighted by Gasteiger charge is 2.32. The van der Waals surface area contributed by atoms with Gasteiger partial charge in [0.1, 0.15) is 0 Å². The molecule has 9 rings (SSSR count). The summed E-state index contributed by atoms with van der Waals surface area (Å²) in [6, 6.07) is 41.4. The predicted molar refractivity (Wildman–Crippen MR) is 276 cm³/mol. The second kappa shape index (κ2) is 16.1. The average Bonchev–Trinajstić information content (AvgIpc) is 3.86. The Balaban J connectivity index is 0.000000142. The van der Waals surface area contributed by atoms with Crippen LogP contribution in [0.25, 0.3) is 33.4 Å². The van der Waals surface area contributed by atoms with Crippen LogP contribution in [0, 0.1) is 0 Å². The Bertz CT molecular complexity index is 2480. The lowest BCUT2D eigenvalue weighted by Crippen LogP contribution is -2.16. The minimum Gasteiger partial charge on any atom is -0.0616 e. The van der Waals surface area contributed by atoms with E-state index in [1.807, 2.05) is 0 Å². The van der Waals surface area contributed by atoms with E-state index in [9.17, 15) is 0 Å². The molecule has 0 fully saturated rings. The molecular weight excluding hydrogens is 757 g/mol. The summed E-state index contributed by atoms with van der Waals surface area (Å²) in [6.07, 6.45) is 3.25. The first-order valence-electron chi connectivity index (χ1n) is 23.8. The zero-order chi connectivity index (χ0) is 46.2. The fraction of sp³-hybridized carbons (Fsp3) is 0.429. The molecular formula is C63H78. The molecule has 3 aliphatic rings. The lowest BCUT2D eigenvalue weighted by atomic mass is 9.77. The van der Waals surface area contributed by atoms with Gasteiger partial charge in [0.2, 0.25) is 0 Å². The van der Waals surface area contributed by atoms with Gasteiger partial charge in [0.05, 0.1) is 0 Å². The Hall–Kier alpha value is -4.68. The molecule has 0 radical (unpaired) electrons. The number of hydrogen-bond acceptors (Lipinski definition) is 0. The summed E-state index contributed by atoms with van der Waals surface area (Å²) in [5.41, 5.74) is 27.8. The van der Waals surface area contributed by atoms with E-state index in [1.54, 1.807) is 0 Å². The van der Waals surface area contributed by atoms with E-state index in [2.05, 4.69) is 234 Å². The largest absolute Gasteiger partial charge is 0.0616 e. The van der Waals surface area contributed by atoms with Gasteiger partial charge in [-0.2, -0.15) is 0 Å². The van der Waals surface area contributed by atoms with E-state index in [1.165, 1.54) is 100 Å². The van der Waals surface area contributed by atoms with Crippen LogP contribution < -0.4 is 0 Å². The van der Waals surface area contributed by atoms with Gasteiger partial charge in [0.15, 0.2) is 0 Å². The molecule has 0 N–H and O–H groups in total. The number of benzene rings is 6. The second-order valence-corrected chi connectivity index (χ2v) is 25.1. The van der Waals surface area contributed by atoms with Gasteiger partial charge in [-0.05, 0) is 152 Å². The Morgan fingerprint density at radius 2 is 0.587 bits per heavy atom. The lowest BCUT2D eigenvalue weighted by Gasteiger charge is -2.27. The van der Waals surface area contributed by atoms with Crippen molar-refractivity contribution in [2.45, 2.75) is 176 Å². The molecule has 330 valence electrons. The van der Waals surface area contributed by atoms with Gasteiger partial charge in [0.25, 0.3) is 0 Å². The molecule has 0 aromatic heterocycles. The van der Waals surface area contributed by atoms with Crippen LogP contribution >= 0.6 is 0 Å². The number of rotatable bonds is 0. The van der Waals surface area contributed by atoms with E-state index in [-0.39, 0.29) is 32.5 Å². The summed E-state index contributed by atoms with van der Waals surface area (Å²) < 4.78 is 0. The molecule has 0 atom stereocenters. The molecule has 0 unspecified atom stereocenters. The van der Waals surface area contributed by atoms with Gasteiger partial charge in [-0.25, -0.2) is 0 Å². The summed E-state index contributed by atoms with van der Waals surface area (Å²) in [5, 5.41) is 0. The monoisotopic (exact) mass is 835 g/mol. The molecule has 0 heterocycles. The molecule has 0 spiro atoms. The first-order valence-corrected chi connectivity index (χ1v) is 23.8. The maximum absolute atomic E-state index is 2.41. The van der Waals surface area contributed by atoms with Crippen molar-refractivity contribution in [2.75, 3.05) is 0 Å². The Morgan fingerprint density at radius 1 is 0.270 bits per heavy atom. The van der Waals surface area contributed by atoms with Gasteiger partial charge < -0.3 is 0 Å². The maximum Gasteiger partial charge on any atom is -0.000756 e. The van der Waals surface area contributed by atoms with E-state index < -0.39 is 0 Å². The zero-order valence-electron chi connectivity index (χ0n) is 42.5. The van der Waals surface area contributed by atoms with Crippen LogP contribution in [0.3, 0.4) is 0 Å². The Morgan fingerprint density at radius 3 is 0.921 bits per heavy atom. The molecule has 0 aliphatic heterocycles. The van der Waals surface area contributed by atoms with Crippen LogP contribution in [-0.4, -0.2) is 0 Å².